The minimum atomic E-state index is 0.216. The summed E-state index contributed by atoms with van der Waals surface area (Å²) in [6.07, 6.45) is 0. The number of hydrogen-bond acceptors (Lipinski definition) is 0. The number of rotatable bonds is 1. The Morgan fingerprint density at radius 2 is 1.37 bits per heavy atom. The fourth-order valence-corrected chi connectivity index (χ4v) is 3.03. The van der Waals surface area contributed by atoms with Crippen molar-refractivity contribution >= 4 is 0 Å². The molecule has 19 heavy (non-hydrogen) atoms. The first-order valence-corrected chi connectivity index (χ1v) is 7.19. The summed E-state index contributed by atoms with van der Waals surface area (Å²) in [4.78, 5) is 0. The first-order valence-electron chi connectivity index (χ1n) is 7.19. The first kappa shape index (κ1) is 14.1. The van der Waals surface area contributed by atoms with Crippen molar-refractivity contribution in [1.82, 2.24) is 0 Å². The van der Waals surface area contributed by atoms with Crippen LogP contribution in [0.25, 0.3) is 0 Å². The Kier molecular flexibility index (Phi) is 3.47. The average Bonchev–Trinajstić information content (AvgIpc) is 2.53. The lowest BCUT2D eigenvalue weighted by Gasteiger charge is -2.22. The van der Waals surface area contributed by atoms with Crippen LogP contribution >= 0.6 is 0 Å². The van der Waals surface area contributed by atoms with Crippen LogP contribution in [0.2, 0.25) is 0 Å². The fraction of sp³-hybridized carbons (Fsp3) is 0.474. The van der Waals surface area contributed by atoms with Crippen LogP contribution in [0.5, 0.6) is 0 Å². The SMILES string of the molecule is CC1=C(C)C(c2cccc(C(C)(C)C)c2)C(C)=C1C. The maximum atomic E-state index is 2.39. The van der Waals surface area contributed by atoms with E-state index in [0.717, 1.165) is 0 Å². The van der Waals surface area contributed by atoms with Crippen molar-refractivity contribution in [2.45, 2.75) is 59.8 Å². The van der Waals surface area contributed by atoms with Crippen molar-refractivity contribution in [2.24, 2.45) is 0 Å². The second kappa shape index (κ2) is 4.67. The predicted octanol–water partition coefficient (Wildman–Crippen LogP) is 5.75. The van der Waals surface area contributed by atoms with Gasteiger partial charge >= 0.3 is 0 Å². The second-order valence-corrected chi connectivity index (χ2v) is 6.92. The third kappa shape index (κ3) is 2.41. The molecule has 0 nitrogen and oxygen atoms in total. The lowest BCUT2D eigenvalue weighted by molar-refractivity contribution is 0.589. The Balaban J connectivity index is 2.50. The summed E-state index contributed by atoms with van der Waals surface area (Å²) < 4.78 is 0. The largest absolute Gasteiger partial charge is 0.0617 e. The van der Waals surface area contributed by atoms with E-state index in [9.17, 15) is 0 Å². The van der Waals surface area contributed by atoms with E-state index in [-0.39, 0.29) is 5.41 Å². The minimum Gasteiger partial charge on any atom is -0.0617 e. The van der Waals surface area contributed by atoms with Gasteiger partial charge in [-0.3, -0.25) is 0 Å². The van der Waals surface area contributed by atoms with Gasteiger partial charge in [0, 0.05) is 5.92 Å². The molecule has 0 N–H and O–H groups in total. The highest BCUT2D eigenvalue weighted by molar-refractivity contribution is 5.54. The molecule has 0 saturated carbocycles. The van der Waals surface area contributed by atoms with Gasteiger partial charge in [-0.25, -0.2) is 0 Å². The van der Waals surface area contributed by atoms with Gasteiger partial charge in [-0.05, 0) is 55.4 Å². The summed E-state index contributed by atoms with van der Waals surface area (Å²) in [5, 5.41) is 0. The normalized spacial score (nSPS) is 17.6. The Bertz CT molecular complexity index is 538. The molecule has 0 bridgehead atoms. The minimum absolute atomic E-state index is 0.216. The molecule has 0 aromatic heterocycles. The van der Waals surface area contributed by atoms with Gasteiger partial charge in [0.1, 0.15) is 0 Å². The van der Waals surface area contributed by atoms with Gasteiger partial charge < -0.3 is 0 Å². The Morgan fingerprint density at radius 3 is 1.84 bits per heavy atom. The number of benzene rings is 1. The highest BCUT2D eigenvalue weighted by atomic mass is 14.3. The lowest BCUT2D eigenvalue weighted by atomic mass is 9.82. The summed E-state index contributed by atoms with van der Waals surface area (Å²) in [6.45, 7) is 15.9. The zero-order valence-corrected chi connectivity index (χ0v) is 13.4. The van der Waals surface area contributed by atoms with E-state index in [0.29, 0.717) is 5.92 Å². The van der Waals surface area contributed by atoms with Crippen LogP contribution in [0.4, 0.5) is 0 Å². The van der Waals surface area contributed by atoms with Gasteiger partial charge in [-0.15, -0.1) is 0 Å². The van der Waals surface area contributed by atoms with Crippen LogP contribution in [0, 0.1) is 0 Å². The van der Waals surface area contributed by atoms with Gasteiger partial charge in [0.25, 0.3) is 0 Å². The Morgan fingerprint density at radius 1 is 0.842 bits per heavy atom. The quantitative estimate of drug-likeness (QED) is 0.598. The van der Waals surface area contributed by atoms with Gasteiger partial charge in [0.15, 0.2) is 0 Å². The van der Waals surface area contributed by atoms with Gasteiger partial charge in [0.2, 0.25) is 0 Å². The fourth-order valence-electron chi connectivity index (χ4n) is 3.03. The van der Waals surface area contributed by atoms with Gasteiger partial charge in [-0.1, -0.05) is 56.2 Å². The van der Waals surface area contributed by atoms with E-state index in [1.165, 1.54) is 33.4 Å². The molecule has 0 saturated heterocycles. The van der Waals surface area contributed by atoms with Crippen molar-refractivity contribution in [1.29, 1.82) is 0 Å². The first-order chi connectivity index (χ1) is 8.73. The summed E-state index contributed by atoms with van der Waals surface area (Å²) in [5.41, 5.74) is 9.06. The molecule has 0 heterocycles. The molecule has 0 unspecified atom stereocenters. The van der Waals surface area contributed by atoms with Crippen LogP contribution in [-0.4, -0.2) is 0 Å². The van der Waals surface area contributed by atoms with E-state index >= 15 is 0 Å². The van der Waals surface area contributed by atoms with Gasteiger partial charge in [-0.2, -0.15) is 0 Å². The number of hydrogen-bond donors (Lipinski definition) is 0. The highest BCUT2D eigenvalue weighted by Crippen LogP contribution is 2.43. The molecule has 1 aromatic carbocycles. The van der Waals surface area contributed by atoms with Crippen molar-refractivity contribution < 1.29 is 0 Å². The molecule has 0 spiro atoms. The molecule has 2 rings (SSSR count). The maximum absolute atomic E-state index is 2.39. The molecular formula is C19H26. The molecule has 102 valence electrons. The average molecular weight is 254 g/mol. The third-order valence-corrected chi connectivity index (χ3v) is 4.70. The Hall–Kier alpha value is -1.30. The Labute approximate surface area is 118 Å². The topological polar surface area (TPSA) is 0 Å². The summed E-state index contributed by atoms with van der Waals surface area (Å²) in [7, 11) is 0. The third-order valence-electron chi connectivity index (χ3n) is 4.70. The molecule has 0 fully saturated rings. The lowest BCUT2D eigenvalue weighted by Crippen LogP contribution is -2.12. The second-order valence-electron chi connectivity index (χ2n) is 6.92. The highest BCUT2D eigenvalue weighted by Gasteiger charge is 2.26. The van der Waals surface area contributed by atoms with E-state index in [2.05, 4.69) is 72.7 Å². The molecular weight excluding hydrogens is 228 g/mol. The van der Waals surface area contributed by atoms with Crippen LogP contribution in [-0.2, 0) is 5.41 Å². The standard InChI is InChI=1S/C19H26/c1-12-13(2)15(4)18(14(12)3)16-9-8-10-17(11-16)19(5,6)7/h8-11,18H,1-7H3. The summed E-state index contributed by atoms with van der Waals surface area (Å²) >= 11 is 0. The molecule has 0 radical (unpaired) electrons. The van der Waals surface area contributed by atoms with Crippen LogP contribution < -0.4 is 0 Å². The molecule has 1 aromatic rings. The van der Waals surface area contributed by atoms with E-state index in [1.807, 2.05) is 0 Å². The van der Waals surface area contributed by atoms with Crippen molar-refractivity contribution in [3.63, 3.8) is 0 Å². The molecule has 0 aliphatic heterocycles. The summed E-state index contributed by atoms with van der Waals surface area (Å²) in [5.74, 6) is 0.488. The van der Waals surface area contributed by atoms with Crippen molar-refractivity contribution in [3.05, 3.63) is 57.7 Å². The van der Waals surface area contributed by atoms with Crippen LogP contribution in [0.3, 0.4) is 0 Å². The molecule has 0 atom stereocenters. The van der Waals surface area contributed by atoms with Crippen LogP contribution in [0.15, 0.2) is 46.6 Å². The zero-order valence-electron chi connectivity index (χ0n) is 13.4. The predicted molar refractivity (Wildman–Crippen MR) is 84.6 cm³/mol. The van der Waals surface area contributed by atoms with E-state index in [1.54, 1.807) is 0 Å². The van der Waals surface area contributed by atoms with Crippen molar-refractivity contribution in [2.75, 3.05) is 0 Å². The monoisotopic (exact) mass is 254 g/mol. The van der Waals surface area contributed by atoms with Crippen molar-refractivity contribution in [3.8, 4) is 0 Å². The van der Waals surface area contributed by atoms with E-state index < -0.39 is 0 Å². The van der Waals surface area contributed by atoms with Gasteiger partial charge in [0.05, 0.1) is 0 Å². The molecule has 1 aliphatic rings. The number of allylic oxidation sites excluding steroid dienone is 4. The maximum Gasteiger partial charge on any atom is 0.0264 e. The van der Waals surface area contributed by atoms with Crippen LogP contribution in [0.1, 0.15) is 65.5 Å². The van der Waals surface area contributed by atoms with E-state index in [4.69, 9.17) is 0 Å². The molecule has 0 amide bonds. The zero-order chi connectivity index (χ0) is 14.4. The molecule has 1 aliphatic carbocycles. The summed E-state index contributed by atoms with van der Waals surface area (Å²) in [6, 6.07) is 9.12. The smallest absolute Gasteiger partial charge is 0.0264 e. The molecule has 0 heteroatoms.